The molecule has 9 heteroatoms. The van der Waals surface area contributed by atoms with Crippen LogP contribution in [-0.2, 0) is 11.3 Å². The lowest BCUT2D eigenvalue weighted by molar-refractivity contribution is -0.134. The van der Waals surface area contributed by atoms with Crippen LogP contribution >= 0.6 is 0 Å². The van der Waals surface area contributed by atoms with E-state index in [1.54, 1.807) is 0 Å². The van der Waals surface area contributed by atoms with Crippen LogP contribution in [0.25, 0.3) is 0 Å². The molecule has 0 unspecified atom stereocenters. The fourth-order valence-electron chi connectivity index (χ4n) is 3.72. The second-order valence-corrected chi connectivity index (χ2v) is 7.56. The van der Waals surface area contributed by atoms with Gasteiger partial charge >= 0.3 is 6.03 Å². The summed E-state index contributed by atoms with van der Waals surface area (Å²) in [4.78, 5) is 37.6. The molecular formula is C19H22N6O3. The zero-order valence-electron chi connectivity index (χ0n) is 15.6. The summed E-state index contributed by atoms with van der Waals surface area (Å²) in [6.45, 7) is 2.60. The molecule has 2 aliphatic rings. The summed E-state index contributed by atoms with van der Waals surface area (Å²) in [5, 5.41) is 11.3. The van der Waals surface area contributed by atoms with Gasteiger partial charge in [-0.15, -0.1) is 5.10 Å². The predicted octanol–water partition coefficient (Wildman–Crippen LogP) is 1.47. The number of hydrogen-bond acceptors (Lipinski definition) is 5. The first-order valence-corrected chi connectivity index (χ1v) is 9.39. The van der Waals surface area contributed by atoms with Crippen LogP contribution < -0.4 is 10.7 Å². The topological polar surface area (TPSA) is 109 Å². The molecule has 9 nitrogen and oxygen atoms in total. The van der Waals surface area contributed by atoms with Crippen molar-refractivity contribution in [3.05, 3.63) is 47.8 Å². The number of rotatable bonds is 4. The molecule has 1 saturated heterocycles. The van der Waals surface area contributed by atoms with Crippen LogP contribution in [0.15, 0.2) is 36.5 Å². The number of nitrogens with one attached hydrogen (secondary N) is 2. The molecule has 1 aromatic heterocycles. The second-order valence-electron chi connectivity index (χ2n) is 7.56. The molecular weight excluding hydrogens is 360 g/mol. The van der Waals surface area contributed by atoms with E-state index in [0.717, 1.165) is 23.4 Å². The molecule has 2 heterocycles. The Kier molecular flexibility index (Phi) is 4.58. The van der Waals surface area contributed by atoms with Crippen molar-refractivity contribution in [3.8, 4) is 0 Å². The van der Waals surface area contributed by atoms with Gasteiger partial charge in [0.05, 0.1) is 12.7 Å². The van der Waals surface area contributed by atoms with E-state index in [0.29, 0.717) is 25.3 Å². The number of hydrogen-bond donors (Lipinski definition) is 2. The average molecular weight is 382 g/mol. The third-order valence-corrected chi connectivity index (χ3v) is 5.46. The highest BCUT2D eigenvalue weighted by Gasteiger charge is 2.53. The quantitative estimate of drug-likeness (QED) is 0.779. The number of aromatic nitrogens is 3. The van der Waals surface area contributed by atoms with E-state index in [4.69, 9.17) is 0 Å². The van der Waals surface area contributed by atoms with Crippen LogP contribution in [-0.4, -0.2) is 43.4 Å². The molecule has 28 heavy (non-hydrogen) atoms. The molecule has 0 bridgehead atoms. The Hall–Kier alpha value is -3.23. The summed E-state index contributed by atoms with van der Waals surface area (Å²) in [5.74, 6) is -0.530. The van der Waals surface area contributed by atoms with Gasteiger partial charge in [-0.05, 0) is 37.2 Å². The van der Waals surface area contributed by atoms with E-state index < -0.39 is 23.4 Å². The fraction of sp³-hybridized carbons (Fsp3) is 0.421. The van der Waals surface area contributed by atoms with Crippen molar-refractivity contribution in [2.45, 2.75) is 44.7 Å². The predicted molar refractivity (Wildman–Crippen MR) is 98.8 cm³/mol. The molecule has 1 aliphatic carbocycles. The van der Waals surface area contributed by atoms with Gasteiger partial charge in [-0.25, -0.2) is 9.48 Å². The molecule has 1 aromatic carbocycles. The average Bonchev–Trinajstić information content (AvgIpc) is 3.24. The third kappa shape index (κ3) is 3.35. The number of imide groups is 1. The Bertz CT molecular complexity index is 901. The monoisotopic (exact) mass is 382 g/mol. The zero-order chi connectivity index (χ0) is 19.7. The van der Waals surface area contributed by atoms with Crippen molar-refractivity contribution in [1.82, 2.24) is 30.7 Å². The lowest BCUT2D eigenvalue weighted by Gasteiger charge is -2.33. The van der Waals surface area contributed by atoms with Crippen molar-refractivity contribution in [2.75, 3.05) is 0 Å². The number of amides is 4. The van der Waals surface area contributed by atoms with E-state index >= 15 is 0 Å². The van der Waals surface area contributed by atoms with Crippen LogP contribution in [0.2, 0.25) is 0 Å². The Morgan fingerprint density at radius 2 is 1.96 bits per heavy atom. The summed E-state index contributed by atoms with van der Waals surface area (Å²) < 4.78 is 1.53. The number of urea groups is 1. The Morgan fingerprint density at radius 3 is 2.68 bits per heavy atom. The first-order chi connectivity index (χ1) is 13.5. The molecule has 2 fully saturated rings. The molecule has 1 aliphatic heterocycles. The van der Waals surface area contributed by atoms with E-state index in [-0.39, 0.29) is 5.69 Å². The first-order valence-electron chi connectivity index (χ1n) is 9.39. The van der Waals surface area contributed by atoms with Gasteiger partial charge in [0, 0.05) is 0 Å². The maximum Gasteiger partial charge on any atom is 0.344 e. The summed E-state index contributed by atoms with van der Waals surface area (Å²) in [6, 6.07) is 9.03. The molecule has 0 atom stereocenters. The summed E-state index contributed by atoms with van der Waals surface area (Å²) in [7, 11) is 0. The van der Waals surface area contributed by atoms with Gasteiger partial charge in [0.1, 0.15) is 5.54 Å². The van der Waals surface area contributed by atoms with Gasteiger partial charge in [-0.1, -0.05) is 42.5 Å². The van der Waals surface area contributed by atoms with E-state index in [1.807, 2.05) is 30.3 Å². The van der Waals surface area contributed by atoms with Crippen molar-refractivity contribution in [3.63, 3.8) is 0 Å². The number of benzene rings is 1. The van der Waals surface area contributed by atoms with Crippen molar-refractivity contribution in [2.24, 2.45) is 5.92 Å². The minimum absolute atomic E-state index is 0.0368. The maximum absolute atomic E-state index is 12.8. The van der Waals surface area contributed by atoms with Crippen LogP contribution in [0.5, 0.6) is 0 Å². The Labute approximate surface area is 162 Å². The number of hydrazine groups is 1. The first kappa shape index (κ1) is 18.1. The lowest BCUT2D eigenvalue weighted by Crippen LogP contribution is -2.51. The molecule has 2 N–H and O–H groups in total. The van der Waals surface area contributed by atoms with Gasteiger partial charge in [0.15, 0.2) is 5.69 Å². The van der Waals surface area contributed by atoms with Crippen molar-refractivity contribution < 1.29 is 14.4 Å². The van der Waals surface area contributed by atoms with Gasteiger partial charge < -0.3 is 5.32 Å². The van der Waals surface area contributed by atoms with Gasteiger partial charge in [0.2, 0.25) is 0 Å². The highest BCUT2D eigenvalue weighted by molar-refractivity contribution is 6.09. The normalized spacial score (nSPS) is 24.5. The minimum atomic E-state index is -0.901. The minimum Gasteiger partial charge on any atom is -0.322 e. The zero-order valence-corrected chi connectivity index (χ0v) is 15.6. The highest BCUT2D eigenvalue weighted by atomic mass is 16.2. The van der Waals surface area contributed by atoms with Crippen LogP contribution in [0.3, 0.4) is 0 Å². The number of nitrogens with zero attached hydrogens (tertiary/aromatic N) is 4. The Morgan fingerprint density at radius 1 is 1.25 bits per heavy atom. The van der Waals surface area contributed by atoms with Crippen LogP contribution in [0.1, 0.15) is 48.7 Å². The lowest BCUT2D eigenvalue weighted by atomic mass is 9.77. The van der Waals surface area contributed by atoms with Crippen molar-refractivity contribution >= 4 is 17.8 Å². The van der Waals surface area contributed by atoms with Crippen LogP contribution in [0, 0.1) is 5.92 Å². The second kappa shape index (κ2) is 7.06. The summed E-state index contributed by atoms with van der Waals surface area (Å²) >= 11 is 0. The molecule has 4 rings (SSSR count). The smallest absolute Gasteiger partial charge is 0.322 e. The fourth-order valence-corrected chi connectivity index (χ4v) is 3.72. The summed E-state index contributed by atoms with van der Waals surface area (Å²) in [6.07, 6.45) is 4.37. The van der Waals surface area contributed by atoms with Gasteiger partial charge in [-0.2, -0.15) is 5.01 Å². The molecule has 146 valence electrons. The molecule has 2 aromatic rings. The molecule has 0 radical (unpaired) electrons. The Balaban J connectivity index is 1.42. The third-order valence-electron chi connectivity index (χ3n) is 5.46. The summed E-state index contributed by atoms with van der Waals surface area (Å²) in [5.41, 5.74) is 2.52. The highest BCUT2D eigenvalue weighted by Crippen LogP contribution is 2.35. The van der Waals surface area contributed by atoms with Gasteiger partial charge in [-0.3, -0.25) is 15.0 Å². The molecule has 1 saturated carbocycles. The van der Waals surface area contributed by atoms with Crippen LogP contribution in [0.4, 0.5) is 4.79 Å². The number of carbonyl (C=O) groups is 3. The molecule has 4 amide bonds. The number of carbonyl (C=O) groups excluding carboxylic acids is 3. The molecule has 1 spiro atoms. The van der Waals surface area contributed by atoms with Gasteiger partial charge in [0.25, 0.3) is 11.8 Å². The van der Waals surface area contributed by atoms with E-state index in [9.17, 15) is 14.4 Å². The largest absolute Gasteiger partial charge is 0.344 e. The maximum atomic E-state index is 12.8. The van der Waals surface area contributed by atoms with Crippen molar-refractivity contribution in [1.29, 1.82) is 0 Å². The van der Waals surface area contributed by atoms with E-state index in [1.165, 1.54) is 10.9 Å². The van der Waals surface area contributed by atoms with E-state index in [2.05, 4.69) is 28.0 Å². The standard InChI is InChI=1S/C19H22N6O3/c1-13-7-9-19(10-8-13)17(27)25(18(28)20-19)22-16(26)15-12-24(23-21-15)11-14-5-3-2-4-6-14/h2-6,12-13H,7-11H2,1H3,(H,20,28)(H,22,26). The SMILES string of the molecule is CC1CCC2(CC1)NC(=O)N(NC(=O)c1cn(Cc3ccccc3)nn1)C2=O.